The van der Waals surface area contributed by atoms with E-state index in [2.05, 4.69) is 10.6 Å². The number of hydrogen-bond acceptors (Lipinski definition) is 6. The number of carbonyl (C=O) groups is 3. The minimum Gasteiger partial charge on any atom is -0.419 e. The van der Waals surface area contributed by atoms with E-state index in [-0.39, 0.29) is 11.5 Å². The number of esters is 2. The minimum atomic E-state index is -1.28. The maximum Gasteiger partial charge on any atom is 0.350 e. The number of rotatable bonds is 4. The molecule has 144 valence electrons. The van der Waals surface area contributed by atoms with Crippen molar-refractivity contribution in [2.75, 3.05) is 10.6 Å². The van der Waals surface area contributed by atoms with Crippen LogP contribution >= 0.6 is 0 Å². The van der Waals surface area contributed by atoms with Gasteiger partial charge in [0.25, 0.3) is 11.7 Å². The molecule has 1 saturated heterocycles. The van der Waals surface area contributed by atoms with Gasteiger partial charge in [0.15, 0.2) is 5.57 Å². The highest BCUT2D eigenvalue weighted by Gasteiger charge is 2.38. The molecule has 0 radical (unpaired) electrons. The lowest BCUT2D eigenvalue weighted by Gasteiger charge is -2.29. The van der Waals surface area contributed by atoms with Crippen molar-refractivity contribution in [1.29, 1.82) is 0 Å². The normalized spacial score (nSPS) is 15.3. The summed E-state index contributed by atoms with van der Waals surface area (Å²) in [4.78, 5) is 36.1. The molecule has 2 aromatic rings. The fourth-order valence-electron chi connectivity index (χ4n) is 2.61. The third-order valence-electron chi connectivity index (χ3n) is 4.03. The van der Waals surface area contributed by atoms with Crippen LogP contribution in [0.2, 0.25) is 0 Å². The molecule has 1 aliphatic heterocycles. The second-order valence-corrected chi connectivity index (χ2v) is 6.73. The van der Waals surface area contributed by atoms with E-state index in [1.54, 1.807) is 30.3 Å². The zero-order valence-corrected chi connectivity index (χ0v) is 15.7. The molecule has 0 aliphatic carbocycles. The molecule has 1 amide bonds. The number of cyclic esters (lactones) is 2. The highest BCUT2D eigenvalue weighted by Crippen LogP contribution is 2.23. The summed E-state index contributed by atoms with van der Waals surface area (Å²) in [6, 6.07) is 14.1. The summed E-state index contributed by atoms with van der Waals surface area (Å²) in [6.07, 6.45) is 1.24. The van der Waals surface area contributed by atoms with Crippen molar-refractivity contribution in [2.45, 2.75) is 26.6 Å². The predicted molar refractivity (Wildman–Crippen MR) is 104 cm³/mol. The molecule has 3 rings (SSSR count). The average molecular weight is 380 g/mol. The molecule has 0 aromatic heterocycles. The summed E-state index contributed by atoms with van der Waals surface area (Å²) in [5.74, 6) is -2.98. The first-order valence-corrected chi connectivity index (χ1v) is 8.65. The smallest absolute Gasteiger partial charge is 0.350 e. The molecule has 2 N–H and O–H groups in total. The Morgan fingerprint density at radius 1 is 0.929 bits per heavy atom. The molecular weight excluding hydrogens is 360 g/mol. The largest absolute Gasteiger partial charge is 0.419 e. The van der Waals surface area contributed by atoms with Crippen LogP contribution in [0, 0.1) is 6.92 Å². The summed E-state index contributed by atoms with van der Waals surface area (Å²) in [6.45, 7) is 4.84. The molecule has 0 unspecified atom stereocenters. The number of carbonyl (C=O) groups excluding carboxylic acids is 3. The van der Waals surface area contributed by atoms with Gasteiger partial charge in [0.1, 0.15) is 0 Å². The first-order chi connectivity index (χ1) is 13.2. The average Bonchev–Trinajstić information content (AvgIpc) is 2.61. The third-order valence-corrected chi connectivity index (χ3v) is 4.03. The van der Waals surface area contributed by atoms with E-state index in [4.69, 9.17) is 9.47 Å². The molecule has 1 aliphatic rings. The standard InChI is InChI=1S/C21H20N2O5/c1-13-6-4-5-7-16(13)18(24)23-15-10-8-14(9-11-15)22-12-17-19(25)27-21(2,3)28-20(17)26/h4-12,22H,1-3H3,(H,23,24). The van der Waals surface area contributed by atoms with Crippen LogP contribution in [-0.4, -0.2) is 23.6 Å². The van der Waals surface area contributed by atoms with Crippen molar-refractivity contribution in [3.05, 3.63) is 71.4 Å². The molecule has 2 aromatic carbocycles. The van der Waals surface area contributed by atoms with E-state index < -0.39 is 17.7 Å². The second-order valence-electron chi connectivity index (χ2n) is 6.73. The number of amides is 1. The van der Waals surface area contributed by atoms with Crippen molar-refractivity contribution in [3.8, 4) is 0 Å². The first-order valence-electron chi connectivity index (χ1n) is 8.65. The lowest BCUT2D eigenvalue weighted by Crippen LogP contribution is -2.42. The number of anilines is 2. The fourth-order valence-corrected chi connectivity index (χ4v) is 2.61. The van der Waals surface area contributed by atoms with E-state index in [0.29, 0.717) is 16.9 Å². The van der Waals surface area contributed by atoms with Gasteiger partial charge in [-0.2, -0.15) is 0 Å². The van der Waals surface area contributed by atoms with E-state index in [1.165, 1.54) is 20.0 Å². The van der Waals surface area contributed by atoms with E-state index in [1.807, 2.05) is 25.1 Å². The number of benzene rings is 2. The van der Waals surface area contributed by atoms with Gasteiger partial charge in [-0.1, -0.05) is 18.2 Å². The van der Waals surface area contributed by atoms with Crippen LogP contribution in [0.3, 0.4) is 0 Å². The van der Waals surface area contributed by atoms with Crippen molar-refractivity contribution < 1.29 is 23.9 Å². The molecule has 0 bridgehead atoms. The Hall–Kier alpha value is -3.61. The van der Waals surface area contributed by atoms with Gasteiger partial charge in [0.2, 0.25) is 0 Å². The topological polar surface area (TPSA) is 93.7 Å². The number of aryl methyl sites for hydroxylation is 1. The summed E-state index contributed by atoms with van der Waals surface area (Å²) in [5.41, 5.74) is 2.50. The van der Waals surface area contributed by atoms with Gasteiger partial charge in [-0.25, -0.2) is 9.59 Å². The van der Waals surface area contributed by atoms with Crippen LogP contribution in [0.5, 0.6) is 0 Å². The van der Waals surface area contributed by atoms with Crippen LogP contribution in [0.1, 0.15) is 29.8 Å². The van der Waals surface area contributed by atoms with Gasteiger partial charge < -0.3 is 20.1 Å². The molecule has 0 atom stereocenters. The molecule has 7 nitrogen and oxygen atoms in total. The van der Waals surface area contributed by atoms with Gasteiger partial charge in [0.05, 0.1) is 0 Å². The molecule has 7 heteroatoms. The second kappa shape index (κ2) is 7.56. The van der Waals surface area contributed by atoms with E-state index in [9.17, 15) is 14.4 Å². The number of nitrogens with one attached hydrogen (secondary N) is 2. The Bertz CT molecular complexity index is 939. The van der Waals surface area contributed by atoms with Gasteiger partial charge in [0, 0.05) is 37.0 Å². The third kappa shape index (κ3) is 4.37. The Morgan fingerprint density at radius 3 is 2.11 bits per heavy atom. The molecule has 1 heterocycles. The summed E-state index contributed by atoms with van der Waals surface area (Å²) in [5, 5.41) is 5.67. The van der Waals surface area contributed by atoms with E-state index >= 15 is 0 Å². The Kier molecular flexibility index (Phi) is 5.17. The molecule has 28 heavy (non-hydrogen) atoms. The van der Waals surface area contributed by atoms with Crippen LogP contribution in [0.15, 0.2) is 60.3 Å². The van der Waals surface area contributed by atoms with Gasteiger partial charge in [-0.15, -0.1) is 0 Å². The lowest BCUT2D eigenvalue weighted by molar-refractivity contribution is -0.222. The van der Waals surface area contributed by atoms with Crippen molar-refractivity contribution >= 4 is 29.2 Å². The monoisotopic (exact) mass is 380 g/mol. The number of hydrogen-bond donors (Lipinski definition) is 2. The highest BCUT2D eigenvalue weighted by molar-refractivity contribution is 6.15. The molecule has 0 spiro atoms. The number of ether oxygens (including phenoxy) is 2. The molecular formula is C21H20N2O5. The molecule has 0 saturated carbocycles. The Labute approximate surface area is 162 Å². The maximum absolute atomic E-state index is 12.3. The predicted octanol–water partition coefficient (Wildman–Crippen LogP) is 3.38. The fraction of sp³-hybridized carbons (Fsp3) is 0.190. The van der Waals surface area contributed by atoms with Crippen LogP contribution < -0.4 is 10.6 Å². The molecule has 1 fully saturated rings. The van der Waals surface area contributed by atoms with Crippen LogP contribution in [0.4, 0.5) is 11.4 Å². The van der Waals surface area contributed by atoms with Crippen molar-refractivity contribution in [3.63, 3.8) is 0 Å². The highest BCUT2D eigenvalue weighted by atomic mass is 16.7. The summed E-state index contributed by atoms with van der Waals surface area (Å²) < 4.78 is 10.0. The Morgan fingerprint density at radius 2 is 1.50 bits per heavy atom. The Balaban J connectivity index is 1.65. The quantitative estimate of drug-likeness (QED) is 0.480. The lowest BCUT2D eigenvalue weighted by atomic mass is 10.1. The van der Waals surface area contributed by atoms with Crippen molar-refractivity contribution in [1.82, 2.24) is 0 Å². The zero-order valence-electron chi connectivity index (χ0n) is 15.7. The SMILES string of the molecule is Cc1ccccc1C(=O)Nc1ccc(NC=C2C(=O)OC(C)(C)OC2=O)cc1. The van der Waals surface area contributed by atoms with Gasteiger partial charge in [-0.3, -0.25) is 4.79 Å². The zero-order chi connectivity index (χ0) is 20.3. The van der Waals surface area contributed by atoms with E-state index in [0.717, 1.165) is 5.56 Å². The maximum atomic E-state index is 12.3. The van der Waals surface area contributed by atoms with Gasteiger partial charge >= 0.3 is 11.9 Å². The van der Waals surface area contributed by atoms with Crippen molar-refractivity contribution in [2.24, 2.45) is 0 Å². The first kappa shape index (κ1) is 19.2. The summed E-state index contributed by atoms with van der Waals surface area (Å²) in [7, 11) is 0. The van der Waals surface area contributed by atoms with Crippen LogP contribution in [-0.2, 0) is 19.1 Å². The van der Waals surface area contributed by atoms with Crippen LogP contribution in [0.25, 0.3) is 0 Å². The minimum absolute atomic E-state index is 0.198. The summed E-state index contributed by atoms with van der Waals surface area (Å²) >= 11 is 0. The van der Waals surface area contributed by atoms with Gasteiger partial charge in [-0.05, 0) is 42.8 Å².